The lowest BCUT2D eigenvalue weighted by atomic mass is 10.0. The van der Waals surface area contributed by atoms with Crippen molar-refractivity contribution in [3.8, 4) is 12.3 Å². The Balaban J connectivity index is 1.90. The summed E-state index contributed by atoms with van der Waals surface area (Å²) in [6.45, 7) is 2.73. The van der Waals surface area contributed by atoms with Gasteiger partial charge in [0, 0.05) is 19.1 Å². The Kier molecular flexibility index (Phi) is 5.64. The van der Waals surface area contributed by atoms with Gasteiger partial charge in [-0.05, 0) is 25.8 Å². The summed E-state index contributed by atoms with van der Waals surface area (Å²) < 4.78 is 5.39. The fourth-order valence-electron chi connectivity index (χ4n) is 1.63. The topological polar surface area (TPSA) is 21.3 Å². The van der Waals surface area contributed by atoms with Gasteiger partial charge in [-0.2, -0.15) is 0 Å². The molecule has 13 heavy (non-hydrogen) atoms. The van der Waals surface area contributed by atoms with Crippen LogP contribution in [0.25, 0.3) is 0 Å². The molecule has 1 saturated heterocycles. The van der Waals surface area contributed by atoms with Gasteiger partial charge in [0.25, 0.3) is 0 Å². The lowest BCUT2D eigenvalue weighted by molar-refractivity contribution is 0.126. The molecule has 1 N–H and O–H groups in total. The third-order valence-corrected chi connectivity index (χ3v) is 2.41. The van der Waals surface area contributed by atoms with Crippen molar-refractivity contribution in [1.29, 1.82) is 0 Å². The van der Waals surface area contributed by atoms with Gasteiger partial charge < -0.3 is 10.1 Å². The van der Waals surface area contributed by atoms with Crippen LogP contribution in [0.4, 0.5) is 0 Å². The standard InChI is InChI=1S/C11H19NO/c1-2-3-9-13-10-7-11-6-4-5-8-12-11/h1,11-12H,3-10H2. The van der Waals surface area contributed by atoms with Crippen LogP contribution in [-0.2, 0) is 4.74 Å². The van der Waals surface area contributed by atoms with Crippen LogP contribution in [0, 0.1) is 12.3 Å². The van der Waals surface area contributed by atoms with Crippen LogP contribution in [0.1, 0.15) is 32.1 Å². The van der Waals surface area contributed by atoms with E-state index in [-0.39, 0.29) is 0 Å². The second-order valence-electron chi connectivity index (χ2n) is 3.50. The normalized spacial score (nSPS) is 22.5. The summed E-state index contributed by atoms with van der Waals surface area (Å²) in [6, 6.07) is 0.680. The second-order valence-corrected chi connectivity index (χ2v) is 3.50. The van der Waals surface area contributed by atoms with E-state index in [4.69, 9.17) is 11.2 Å². The number of hydrogen-bond donors (Lipinski definition) is 1. The Morgan fingerprint density at radius 3 is 3.00 bits per heavy atom. The maximum atomic E-state index is 5.39. The molecule has 1 aliphatic rings. The number of rotatable bonds is 5. The molecule has 0 saturated carbocycles. The van der Waals surface area contributed by atoms with Gasteiger partial charge in [0.2, 0.25) is 0 Å². The Bertz CT molecular complexity index is 156. The maximum Gasteiger partial charge on any atom is 0.0575 e. The molecule has 1 fully saturated rings. The van der Waals surface area contributed by atoms with E-state index in [2.05, 4.69) is 11.2 Å². The molecule has 0 aromatic heterocycles. The molecule has 0 aromatic rings. The van der Waals surface area contributed by atoms with Crippen LogP contribution in [-0.4, -0.2) is 25.8 Å². The van der Waals surface area contributed by atoms with Crippen LogP contribution >= 0.6 is 0 Å². The summed E-state index contributed by atoms with van der Waals surface area (Å²) in [7, 11) is 0. The molecule has 1 aliphatic heterocycles. The number of nitrogens with one attached hydrogen (secondary N) is 1. The summed E-state index contributed by atoms with van der Waals surface area (Å²) in [5, 5.41) is 3.49. The fraction of sp³-hybridized carbons (Fsp3) is 0.818. The predicted molar refractivity (Wildman–Crippen MR) is 54.5 cm³/mol. The van der Waals surface area contributed by atoms with Crippen molar-refractivity contribution in [1.82, 2.24) is 5.32 Å². The molecule has 0 aromatic carbocycles. The molecule has 1 atom stereocenters. The molecule has 1 heterocycles. The quantitative estimate of drug-likeness (QED) is 0.513. The lowest BCUT2D eigenvalue weighted by Gasteiger charge is -2.23. The van der Waals surface area contributed by atoms with E-state index >= 15 is 0 Å². The summed E-state index contributed by atoms with van der Waals surface area (Å²) in [5.41, 5.74) is 0. The second kappa shape index (κ2) is 6.94. The molecule has 0 radical (unpaired) electrons. The van der Waals surface area contributed by atoms with E-state index in [1.54, 1.807) is 0 Å². The first-order valence-electron chi connectivity index (χ1n) is 5.18. The van der Waals surface area contributed by atoms with Crippen molar-refractivity contribution in [2.24, 2.45) is 0 Å². The zero-order chi connectivity index (χ0) is 9.36. The van der Waals surface area contributed by atoms with Gasteiger partial charge in [-0.3, -0.25) is 0 Å². The van der Waals surface area contributed by atoms with Crippen LogP contribution in [0.5, 0.6) is 0 Å². The molecular weight excluding hydrogens is 162 g/mol. The summed E-state index contributed by atoms with van der Waals surface area (Å²) in [6.07, 6.45) is 11.0. The minimum Gasteiger partial charge on any atom is -0.380 e. The van der Waals surface area contributed by atoms with Crippen molar-refractivity contribution in [2.75, 3.05) is 19.8 Å². The summed E-state index contributed by atoms with van der Waals surface area (Å²) >= 11 is 0. The SMILES string of the molecule is C#CCCOCCC1CCCCN1. The van der Waals surface area contributed by atoms with Crippen molar-refractivity contribution in [3.05, 3.63) is 0 Å². The average molecular weight is 181 g/mol. The van der Waals surface area contributed by atoms with Gasteiger partial charge in [0.15, 0.2) is 0 Å². The summed E-state index contributed by atoms with van der Waals surface area (Å²) in [5.74, 6) is 2.57. The highest BCUT2D eigenvalue weighted by Crippen LogP contribution is 2.09. The van der Waals surface area contributed by atoms with Crippen molar-refractivity contribution >= 4 is 0 Å². The third-order valence-electron chi connectivity index (χ3n) is 2.41. The third kappa shape index (κ3) is 4.92. The lowest BCUT2D eigenvalue weighted by Crippen LogP contribution is -2.34. The minimum absolute atomic E-state index is 0.680. The number of ether oxygens (including phenoxy) is 1. The van der Waals surface area contributed by atoms with Gasteiger partial charge in [-0.1, -0.05) is 6.42 Å². The molecule has 0 amide bonds. The van der Waals surface area contributed by atoms with Crippen LogP contribution < -0.4 is 5.32 Å². The molecule has 2 nitrogen and oxygen atoms in total. The first-order chi connectivity index (χ1) is 6.43. The first-order valence-corrected chi connectivity index (χ1v) is 5.18. The molecular formula is C11H19NO. The van der Waals surface area contributed by atoms with Gasteiger partial charge >= 0.3 is 0 Å². The van der Waals surface area contributed by atoms with Gasteiger partial charge in [-0.15, -0.1) is 12.3 Å². The van der Waals surface area contributed by atoms with E-state index in [1.807, 2.05) is 0 Å². The number of terminal acetylenes is 1. The van der Waals surface area contributed by atoms with Gasteiger partial charge in [0.1, 0.15) is 0 Å². The minimum atomic E-state index is 0.680. The van der Waals surface area contributed by atoms with Gasteiger partial charge in [0.05, 0.1) is 6.61 Å². The van der Waals surface area contributed by atoms with E-state index in [1.165, 1.54) is 25.8 Å². The van der Waals surface area contributed by atoms with Crippen molar-refractivity contribution in [3.63, 3.8) is 0 Å². The van der Waals surface area contributed by atoms with E-state index < -0.39 is 0 Å². The van der Waals surface area contributed by atoms with Crippen LogP contribution in [0.3, 0.4) is 0 Å². The molecule has 0 aliphatic carbocycles. The summed E-state index contributed by atoms with van der Waals surface area (Å²) in [4.78, 5) is 0. The monoisotopic (exact) mass is 181 g/mol. The average Bonchev–Trinajstić information content (AvgIpc) is 2.19. The largest absolute Gasteiger partial charge is 0.380 e. The molecule has 0 bridgehead atoms. The number of piperidine rings is 1. The van der Waals surface area contributed by atoms with Crippen molar-refractivity contribution in [2.45, 2.75) is 38.1 Å². The molecule has 1 rings (SSSR count). The van der Waals surface area contributed by atoms with E-state index in [0.717, 1.165) is 19.4 Å². The Hall–Kier alpha value is -0.520. The molecule has 1 unspecified atom stereocenters. The van der Waals surface area contributed by atoms with Crippen molar-refractivity contribution < 1.29 is 4.74 Å². The van der Waals surface area contributed by atoms with Gasteiger partial charge in [-0.25, -0.2) is 0 Å². The maximum absolute atomic E-state index is 5.39. The smallest absolute Gasteiger partial charge is 0.0575 e. The van der Waals surface area contributed by atoms with Crippen LogP contribution in [0.15, 0.2) is 0 Å². The Morgan fingerprint density at radius 2 is 2.31 bits per heavy atom. The molecule has 0 spiro atoms. The Morgan fingerprint density at radius 1 is 1.38 bits per heavy atom. The van der Waals surface area contributed by atoms with Crippen LogP contribution in [0.2, 0.25) is 0 Å². The highest BCUT2D eigenvalue weighted by atomic mass is 16.5. The zero-order valence-corrected chi connectivity index (χ0v) is 8.22. The number of hydrogen-bond acceptors (Lipinski definition) is 2. The zero-order valence-electron chi connectivity index (χ0n) is 8.22. The highest BCUT2D eigenvalue weighted by Gasteiger charge is 2.11. The van der Waals surface area contributed by atoms with E-state index in [9.17, 15) is 0 Å². The fourth-order valence-corrected chi connectivity index (χ4v) is 1.63. The molecule has 74 valence electrons. The van der Waals surface area contributed by atoms with E-state index in [0.29, 0.717) is 12.6 Å². The molecule has 2 heteroatoms. The first kappa shape index (κ1) is 10.6. The Labute approximate surface area is 81.0 Å². The predicted octanol–water partition coefficient (Wildman–Crippen LogP) is 1.56. The highest BCUT2D eigenvalue weighted by molar-refractivity contribution is 4.82.